The second-order valence-electron chi connectivity index (χ2n) is 6.44. The van der Waals surface area contributed by atoms with E-state index in [9.17, 15) is 4.79 Å². The van der Waals surface area contributed by atoms with Gasteiger partial charge in [-0.25, -0.2) is 4.98 Å². The highest BCUT2D eigenvalue weighted by Gasteiger charge is 2.21. The van der Waals surface area contributed by atoms with Crippen molar-refractivity contribution in [2.24, 2.45) is 0 Å². The molecule has 2 aromatic rings. The van der Waals surface area contributed by atoms with Gasteiger partial charge in [0.2, 0.25) is 5.91 Å². The molecule has 2 N–H and O–H groups in total. The largest absolute Gasteiger partial charge is 0.349 e. The molecule has 5 heteroatoms. The van der Waals surface area contributed by atoms with Crippen LogP contribution in [0.1, 0.15) is 53.4 Å². The number of rotatable bonds is 4. The van der Waals surface area contributed by atoms with E-state index in [1.165, 1.54) is 11.1 Å². The molecular formula is C19H23N3OS. The van der Waals surface area contributed by atoms with Crippen LogP contribution >= 0.6 is 12.2 Å². The zero-order valence-corrected chi connectivity index (χ0v) is 15.0. The van der Waals surface area contributed by atoms with E-state index in [2.05, 4.69) is 33.5 Å². The lowest BCUT2D eigenvalue weighted by atomic mass is 9.87. The van der Waals surface area contributed by atoms with Crippen molar-refractivity contribution >= 4 is 18.1 Å². The van der Waals surface area contributed by atoms with Gasteiger partial charge in [-0.15, -0.1) is 0 Å². The third kappa shape index (κ3) is 3.73. The lowest BCUT2D eigenvalue weighted by Gasteiger charge is -2.26. The fourth-order valence-corrected chi connectivity index (χ4v) is 3.82. The molecule has 1 atom stereocenters. The number of hydrogen-bond donors (Lipinski definition) is 2. The number of hydrogen-bond acceptors (Lipinski definition) is 3. The number of carbonyl (C=O) groups is 1. The second-order valence-corrected chi connectivity index (χ2v) is 6.83. The molecule has 126 valence electrons. The van der Waals surface area contributed by atoms with E-state index >= 15 is 0 Å². The molecule has 0 fully saturated rings. The lowest BCUT2D eigenvalue weighted by Crippen LogP contribution is -2.31. The Bertz CT molecular complexity index is 786. The van der Waals surface area contributed by atoms with E-state index < -0.39 is 0 Å². The number of fused-ring (bicyclic) bond motifs is 1. The normalized spacial score (nSPS) is 16.5. The molecule has 1 heterocycles. The maximum atomic E-state index is 12.4. The van der Waals surface area contributed by atoms with Crippen LogP contribution in [0, 0.1) is 18.6 Å². The van der Waals surface area contributed by atoms with E-state index in [-0.39, 0.29) is 11.9 Å². The summed E-state index contributed by atoms with van der Waals surface area (Å²) in [4.78, 5) is 19.8. The Morgan fingerprint density at radius 1 is 1.38 bits per heavy atom. The first kappa shape index (κ1) is 16.8. The molecule has 1 aromatic heterocycles. The second kappa shape index (κ2) is 7.26. The molecule has 0 saturated heterocycles. The summed E-state index contributed by atoms with van der Waals surface area (Å²) >= 11 is 5.08. The molecule has 0 radical (unpaired) electrons. The van der Waals surface area contributed by atoms with Crippen molar-refractivity contribution in [3.8, 4) is 0 Å². The van der Waals surface area contributed by atoms with Crippen LogP contribution in [0.3, 0.4) is 0 Å². The number of nitrogens with one attached hydrogen (secondary N) is 2. The smallest absolute Gasteiger partial charge is 0.220 e. The third-order valence-corrected chi connectivity index (χ3v) is 4.95. The molecule has 0 saturated carbocycles. The van der Waals surface area contributed by atoms with Crippen molar-refractivity contribution in [1.29, 1.82) is 0 Å². The summed E-state index contributed by atoms with van der Waals surface area (Å²) in [5, 5.41) is 3.21. The summed E-state index contributed by atoms with van der Waals surface area (Å²) in [7, 11) is 0. The molecular weight excluding hydrogens is 318 g/mol. The van der Waals surface area contributed by atoms with Gasteiger partial charge in [-0.1, -0.05) is 24.3 Å². The summed E-state index contributed by atoms with van der Waals surface area (Å²) in [5.74, 6) is 0.0953. The van der Waals surface area contributed by atoms with Gasteiger partial charge >= 0.3 is 0 Å². The highest BCUT2D eigenvalue weighted by Crippen LogP contribution is 2.29. The number of amides is 1. The molecule has 1 aliphatic carbocycles. The van der Waals surface area contributed by atoms with Crippen LogP contribution in [-0.2, 0) is 17.6 Å². The van der Waals surface area contributed by atoms with E-state index in [0.717, 1.165) is 36.2 Å². The topological polar surface area (TPSA) is 57.8 Å². The van der Waals surface area contributed by atoms with Crippen molar-refractivity contribution in [2.45, 2.75) is 52.0 Å². The Kier molecular flexibility index (Phi) is 5.09. The van der Waals surface area contributed by atoms with Crippen LogP contribution in [0.15, 0.2) is 24.3 Å². The summed E-state index contributed by atoms with van der Waals surface area (Å²) < 4.78 is 0.497. The fourth-order valence-electron chi connectivity index (χ4n) is 3.53. The number of H-pyrrole nitrogens is 1. The Morgan fingerprint density at radius 3 is 2.96 bits per heavy atom. The van der Waals surface area contributed by atoms with E-state index in [4.69, 9.17) is 12.2 Å². The van der Waals surface area contributed by atoms with Gasteiger partial charge in [-0.3, -0.25) is 4.79 Å². The minimum Gasteiger partial charge on any atom is -0.349 e. The van der Waals surface area contributed by atoms with Gasteiger partial charge in [-0.05, 0) is 68.4 Å². The SMILES string of the molecule is Cc1nc(=S)[nH]c(C)c1CCC(=O)N[C@@H]1CCCc2ccccc21. The van der Waals surface area contributed by atoms with Crippen molar-refractivity contribution in [3.05, 3.63) is 57.1 Å². The standard InChI is InChI=1S/C19H23N3OS/c1-12-15(13(2)21-19(24)20-12)10-11-18(23)22-17-9-5-7-14-6-3-4-8-16(14)17/h3-4,6,8,17H,5,7,9-11H2,1-2H3,(H,22,23)(H,20,21,24)/t17-/m1/s1. The average Bonchev–Trinajstić information content (AvgIpc) is 2.54. The summed E-state index contributed by atoms with van der Waals surface area (Å²) in [6.45, 7) is 3.93. The van der Waals surface area contributed by atoms with Gasteiger partial charge in [-0.2, -0.15) is 0 Å². The zero-order valence-electron chi connectivity index (χ0n) is 14.2. The lowest BCUT2D eigenvalue weighted by molar-refractivity contribution is -0.121. The maximum absolute atomic E-state index is 12.4. The zero-order chi connectivity index (χ0) is 17.1. The van der Waals surface area contributed by atoms with Crippen molar-refractivity contribution < 1.29 is 4.79 Å². The monoisotopic (exact) mass is 341 g/mol. The quantitative estimate of drug-likeness (QED) is 0.830. The molecule has 4 nitrogen and oxygen atoms in total. The molecule has 0 spiro atoms. The van der Waals surface area contributed by atoms with Crippen molar-refractivity contribution in [2.75, 3.05) is 0 Å². The summed E-state index contributed by atoms with van der Waals surface area (Å²) in [5.41, 5.74) is 5.63. The van der Waals surface area contributed by atoms with Gasteiger partial charge in [0.25, 0.3) is 0 Å². The third-order valence-electron chi connectivity index (χ3n) is 4.76. The van der Waals surface area contributed by atoms with Crippen LogP contribution < -0.4 is 5.32 Å². The minimum atomic E-state index is 0.0953. The van der Waals surface area contributed by atoms with Crippen molar-refractivity contribution in [3.63, 3.8) is 0 Å². The Morgan fingerprint density at radius 2 is 2.17 bits per heavy atom. The van der Waals surface area contributed by atoms with Gasteiger partial charge in [0.1, 0.15) is 0 Å². The van der Waals surface area contributed by atoms with Crippen LogP contribution in [-0.4, -0.2) is 15.9 Å². The first-order chi connectivity index (χ1) is 11.5. The molecule has 3 rings (SSSR count). The molecule has 24 heavy (non-hydrogen) atoms. The number of aromatic nitrogens is 2. The van der Waals surface area contributed by atoms with Crippen molar-refractivity contribution in [1.82, 2.24) is 15.3 Å². The highest BCUT2D eigenvalue weighted by atomic mass is 32.1. The first-order valence-corrected chi connectivity index (χ1v) is 8.89. The Labute approximate surface area is 147 Å². The molecule has 0 unspecified atom stereocenters. The number of aromatic amines is 1. The molecule has 1 aromatic carbocycles. The van der Waals surface area contributed by atoms with Crippen LogP contribution in [0.4, 0.5) is 0 Å². The van der Waals surface area contributed by atoms with E-state index in [1.807, 2.05) is 19.9 Å². The molecule has 1 aliphatic rings. The van der Waals surface area contributed by atoms with Crippen LogP contribution in [0.5, 0.6) is 0 Å². The molecule has 1 amide bonds. The predicted molar refractivity (Wildman–Crippen MR) is 97.5 cm³/mol. The van der Waals surface area contributed by atoms with Crippen LogP contribution in [0.25, 0.3) is 0 Å². The number of benzene rings is 1. The summed E-state index contributed by atoms with van der Waals surface area (Å²) in [6, 6.07) is 8.56. The fraction of sp³-hybridized carbons (Fsp3) is 0.421. The highest BCUT2D eigenvalue weighted by molar-refractivity contribution is 7.71. The van der Waals surface area contributed by atoms with Gasteiger partial charge < -0.3 is 10.3 Å². The van der Waals surface area contributed by atoms with E-state index in [1.54, 1.807) is 0 Å². The number of aryl methyl sites for hydroxylation is 3. The summed E-state index contributed by atoms with van der Waals surface area (Å²) in [6.07, 6.45) is 4.39. The number of nitrogens with zero attached hydrogens (tertiary/aromatic N) is 1. The van der Waals surface area contributed by atoms with Gasteiger partial charge in [0.05, 0.1) is 6.04 Å². The predicted octanol–water partition coefficient (Wildman–Crippen LogP) is 3.88. The molecule has 0 aliphatic heterocycles. The van der Waals surface area contributed by atoms with Gasteiger partial charge in [0.15, 0.2) is 4.77 Å². The Hall–Kier alpha value is -2.01. The molecule has 0 bridgehead atoms. The average molecular weight is 341 g/mol. The minimum absolute atomic E-state index is 0.0953. The first-order valence-electron chi connectivity index (χ1n) is 8.48. The van der Waals surface area contributed by atoms with Gasteiger partial charge in [0, 0.05) is 17.8 Å². The Balaban J connectivity index is 1.64. The van der Waals surface area contributed by atoms with E-state index in [0.29, 0.717) is 17.6 Å². The maximum Gasteiger partial charge on any atom is 0.220 e. The number of carbonyl (C=O) groups excluding carboxylic acids is 1. The van der Waals surface area contributed by atoms with Crippen LogP contribution in [0.2, 0.25) is 0 Å².